The minimum atomic E-state index is -0.998. The molecule has 1 aromatic rings. The largest absolute Gasteiger partial charge is 0.475 e. The summed E-state index contributed by atoms with van der Waals surface area (Å²) in [5, 5.41) is 12.4. The fraction of sp³-hybridized carbons (Fsp3) is 0.667. The summed E-state index contributed by atoms with van der Waals surface area (Å²) in [6.45, 7) is 6.98. The number of aromatic carboxylic acids is 1. The molecule has 0 aromatic carbocycles. The fourth-order valence-electron chi connectivity index (χ4n) is 2.96. The van der Waals surface area contributed by atoms with Gasteiger partial charge in [-0.1, -0.05) is 20.3 Å². The molecule has 1 heterocycles. The van der Waals surface area contributed by atoms with E-state index in [1.54, 1.807) is 6.92 Å². The maximum Gasteiger partial charge on any atom is 0.372 e. The molecule has 1 fully saturated rings. The van der Waals surface area contributed by atoms with Crippen molar-refractivity contribution in [2.24, 2.45) is 5.41 Å². The van der Waals surface area contributed by atoms with E-state index in [1.165, 1.54) is 25.7 Å². The van der Waals surface area contributed by atoms with Crippen LogP contribution in [0.4, 0.5) is 0 Å². The molecule has 2 rings (SSSR count). The van der Waals surface area contributed by atoms with Crippen molar-refractivity contribution in [1.29, 1.82) is 0 Å². The highest BCUT2D eigenvalue weighted by molar-refractivity contribution is 5.86. The Hall–Kier alpha value is -1.29. The van der Waals surface area contributed by atoms with E-state index in [1.807, 2.05) is 6.07 Å². The van der Waals surface area contributed by atoms with Gasteiger partial charge in [0.05, 0.1) is 6.54 Å². The molecule has 0 amide bonds. The molecule has 0 radical (unpaired) electrons. The highest BCUT2D eigenvalue weighted by Gasteiger charge is 2.27. The van der Waals surface area contributed by atoms with Crippen molar-refractivity contribution < 1.29 is 14.3 Å². The zero-order chi connectivity index (χ0) is 14.0. The molecular weight excluding hydrogens is 242 g/mol. The Morgan fingerprint density at radius 3 is 2.89 bits per heavy atom. The average molecular weight is 265 g/mol. The standard InChI is InChI=1S/C15H23NO3/c1-10-7-12(19-13(10)14(17)18)9-16-11-5-4-6-15(2,3)8-11/h7,11,16H,4-6,8-9H2,1-3H3,(H,17,18). The second-order valence-electron chi connectivity index (χ2n) is 6.37. The zero-order valence-corrected chi connectivity index (χ0v) is 12.0. The number of carbonyl (C=O) groups is 1. The molecule has 1 aliphatic carbocycles. The van der Waals surface area contributed by atoms with E-state index in [0.29, 0.717) is 29.3 Å². The molecule has 2 N–H and O–H groups in total. The smallest absolute Gasteiger partial charge is 0.372 e. The summed E-state index contributed by atoms with van der Waals surface area (Å²) in [7, 11) is 0. The molecule has 106 valence electrons. The Balaban J connectivity index is 1.92. The number of nitrogens with one attached hydrogen (secondary N) is 1. The van der Waals surface area contributed by atoms with Gasteiger partial charge in [0.2, 0.25) is 5.76 Å². The first kappa shape index (κ1) is 14.1. The minimum absolute atomic E-state index is 0.0563. The van der Waals surface area contributed by atoms with Gasteiger partial charge in [0.25, 0.3) is 0 Å². The van der Waals surface area contributed by atoms with Crippen LogP contribution in [0.3, 0.4) is 0 Å². The van der Waals surface area contributed by atoms with Crippen LogP contribution in [0, 0.1) is 12.3 Å². The van der Waals surface area contributed by atoms with Crippen molar-refractivity contribution in [2.45, 2.75) is 59.0 Å². The van der Waals surface area contributed by atoms with Crippen molar-refractivity contribution in [3.63, 3.8) is 0 Å². The van der Waals surface area contributed by atoms with Crippen LogP contribution >= 0.6 is 0 Å². The van der Waals surface area contributed by atoms with Gasteiger partial charge in [-0.15, -0.1) is 0 Å². The van der Waals surface area contributed by atoms with Gasteiger partial charge < -0.3 is 14.8 Å². The summed E-state index contributed by atoms with van der Waals surface area (Å²) in [6.07, 6.45) is 4.89. The zero-order valence-electron chi connectivity index (χ0n) is 12.0. The lowest BCUT2D eigenvalue weighted by Crippen LogP contribution is -2.36. The minimum Gasteiger partial charge on any atom is -0.475 e. The first-order valence-electron chi connectivity index (χ1n) is 6.93. The van der Waals surface area contributed by atoms with Gasteiger partial charge in [-0.3, -0.25) is 0 Å². The number of hydrogen-bond acceptors (Lipinski definition) is 3. The summed E-state index contributed by atoms with van der Waals surface area (Å²) in [4.78, 5) is 10.9. The maximum atomic E-state index is 10.9. The van der Waals surface area contributed by atoms with E-state index < -0.39 is 5.97 Å². The Bertz CT molecular complexity index is 462. The fourth-order valence-corrected chi connectivity index (χ4v) is 2.96. The van der Waals surface area contributed by atoms with Crippen molar-refractivity contribution >= 4 is 5.97 Å². The Morgan fingerprint density at radius 1 is 1.58 bits per heavy atom. The van der Waals surface area contributed by atoms with Gasteiger partial charge >= 0.3 is 5.97 Å². The molecule has 1 aromatic heterocycles. The van der Waals surface area contributed by atoms with E-state index in [4.69, 9.17) is 9.52 Å². The SMILES string of the molecule is Cc1cc(CNC2CCCC(C)(C)C2)oc1C(=O)O. The molecule has 1 atom stereocenters. The molecule has 0 saturated heterocycles. The third-order valence-electron chi connectivity index (χ3n) is 3.93. The summed E-state index contributed by atoms with van der Waals surface area (Å²) in [6, 6.07) is 2.31. The molecule has 0 aliphatic heterocycles. The Morgan fingerprint density at radius 2 is 2.32 bits per heavy atom. The first-order chi connectivity index (χ1) is 8.87. The predicted octanol–water partition coefficient (Wildman–Crippen LogP) is 3.34. The lowest BCUT2D eigenvalue weighted by Gasteiger charge is -2.35. The van der Waals surface area contributed by atoms with Gasteiger partial charge in [-0.05, 0) is 37.7 Å². The summed E-state index contributed by atoms with van der Waals surface area (Å²) in [5.41, 5.74) is 1.09. The third kappa shape index (κ3) is 3.60. The van der Waals surface area contributed by atoms with Crippen LogP contribution in [0.15, 0.2) is 10.5 Å². The van der Waals surface area contributed by atoms with Crippen molar-refractivity contribution in [1.82, 2.24) is 5.32 Å². The van der Waals surface area contributed by atoms with E-state index >= 15 is 0 Å². The van der Waals surface area contributed by atoms with Crippen LogP contribution in [-0.2, 0) is 6.54 Å². The predicted molar refractivity (Wildman–Crippen MR) is 73.3 cm³/mol. The Kier molecular flexibility index (Phi) is 3.99. The number of carboxylic acids is 1. The molecule has 19 heavy (non-hydrogen) atoms. The lowest BCUT2D eigenvalue weighted by molar-refractivity contribution is 0.0659. The molecule has 4 nitrogen and oxygen atoms in total. The number of rotatable bonds is 4. The van der Waals surface area contributed by atoms with Gasteiger partial charge in [0.1, 0.15) is 5.76 Å². The molecule has 0 spiro atoms. The average Bonchev–Trinajstić information content (AvgIpc) is 2.67. The highest BCUT2D eigenvalue weighted by atomic mass is 16.4. The molecule has 1 unspecified atom stereocenters. The van der Waals surface area contributed by atoms with Crippen molar-refractivity contribution in [2.75, 3.05) is 0 Å². The molecule has 1 saturated carbocycles. The molecule has 4 heteroatoms. The van der Waals surface area contributed by atoms with Gasteiger partial charge in [0.15, 0.2) is 0 Å². The normalized spacial score (nSPS) is 22.4. The van der Waals surface area contributed by atoms with Crippen LogP contribution in [0.1, 0.15) is 61.4 Å². The Labute approximate surface area is 114 Å². The highest BCUT2D eigenvalue weighted by Crippen LogP contribution is 2.35. The maximum absolute atomic E-state index is 10.9. The number of hydrogen-bond donors (Lipinski definition) is 2. The number of carboxylic acid groups (broad SMARTS) is 1. The molecule has 0 bridgehead atoms. The summed E-state index contributed by atoms with van der Waals surface area (Å²) < 4.78 is 5.36. The quantitative estimate of drug-likeness (QED) is 0.876. The van der Waals surface area contributed by atoms with Gasteiger partial charge in [0, 0.05) is 11.6 Å². The second-order valence-corrected chi connectivity index (χ2v) is 6.37. The van der Waals surface area contributed by atoms with Crippen molar-refractivity contribution in [3.05, 3.63) is 23.2 Å². The first-order valence-corrected chi connectivity index (χ1v) is 6.93. The van der Waals surface area contributed by atoms with Crippen LogP contribution < -0.4 is 5.32 Å². The third-order valence-corrected chi connectivity index (χ3v) is 3.93. The van der Waals surface area contributed by atoms with E-state index in [-0.39, 0.29) is 5.76 Å². The van der Waals surface area contributed by atoms with Crippen molar-refractivity contribution in [3.8, 4) is 0 Å². The number of aryl methyl sites for hydroxylation is 1. The monoisotopic (exact) mass is 265 g/mol. The van der Waals surface area contributed by atoms with Crippen LogP contribution in [0.5, 0.6) is 0 Å². The van der Waals surface area contributed by atoms with Crippen LogP contribution in [0.25, 0.3) is 0 Å². The van der Waals surface area contributed by atoms with Gasteiger partial charge in [-0.2, -0.15) is 0 Å². The lowest BCUT2D eigenvalue weighted by atomic mass is 9.75. The summed E-state index contributed by atoms with van der Waals surface area (Å²) in [5.74, 6) is -0.235. The van der Waals surface area contributed by atoms with Crippen LogP contribution in [0.2, 0.25) is 0 Å². The second kappa shape index (κ2) is 5.37. The van der Waals surface area contributed by atoms with E-state index in [0.717, 1.165) is 0 Å². The van der Waals surface area contributed by atoms with Gasteiger partial charge in [-0.25, -0.2) is 4.79 Å². The van der Waals surface area contributed by atoms with Crippen LogP contribution in [-0.4, -0.2) is 17.1 Å². The number of furan rings is 1. The topological polar surface area (TPSA) is 62.5 Å². The van der Waals surface area contributed by atoms with E-state index in [9.17, 15) is 4.79 Å². The van der Waals surface area contributed by atoms with E-state index in [2.05, 4.69) is 19.2 Å². The molecular formula is C15H23NO3. The summed E-state index contributed by atoms with van der Waals surface area (Å²) >= 11 is 0. The molecule has 1 aliphatic rings.